The normalized spacial score (nSPS) is 12.4. The standard InChI is InChI=1S/C11H15NO2/c1-3-4-8(2)10-7-9(11(13)14)5-6-12-10/h5-8H,3-4H2,1-2H3,(H,13,14). The lowest BCUT2D eigenvalue weighted by Crippen LogP contribution is -2.02. The Hall–Kier alpha value is -1.38. The van der Waals surface area contributed by atoms with Crippen LogP contribution in [-0.4, -0.2) is 16.1 Å². The maximum atomic E-state index is 10.7. The number of carboxylic acid groups (broad SMARTS) is 1. The van der Waals surface area contributed by atoms with Gasteiger partial charge in [0, 0.05) is 11.9 Å². The highest BCUT2D eigenvalue weighted by atomic mass is 16.4. The Bertz CT molecular complexity index is 323. The van der Waals surface area contributed by atoms with E-state index in [0.29, 0.717) is 11.5 Å². The highest BCUT2D eigenvalue weighted by Gasteiger charge is 2.09. The van der Waals surface area contributed by atoms with Crippen LogP contribution in [0.2, 0.25) is 0 Å². The van der Waals surface area contributed by atoms with Gasteiger partial charge in [-0.15, -0.1) is 0 Å². The first-order chi connectivity index (χ1) is 6.65. The molecule has 1 atom stereocenters. The van der Waals surface area contributed by atoms with E-state index in [1.807, 2.05) is 0 Å². The summed E-state index contributed by atoms with van der Waals surface area (Å²) in [5.41, 5.74) is 1.18. The van der Waals surface area contributed by atoms with Gasteiger partial charge >= 0.3 is 5.97 Å². The van der Waals surface area contributed by atoms with E-state index in [1.165, 1.54) is 6.07 Å². The number of aromatic carboxylic acids is 1. The van der Waals surface area contributed by atoms with Gasteiger partial charge in [0.2, 0.25) is 0 Å². The van der Waals surface area contributed by atoms with Gasteiger partial charge < -0.3 is 5.11 Å². The van der Waals surface area contributed by atoms with Crippen molar-refractivity contribution in [1.29, 1.82) is 0 Å². The van der Waals surface area contributed by atoms with Gasteiger partial charge in [-0.2, -0.15) is 0 Å². The molecule has 3 nitrogen and oxygen atoms in total. The zero-order chi connectivity index (χ0) is 10.6. The first-order valence-corrected chi connectivity index (χ1v) is 4.84. The van der Waals surface area contributed by atoms with Gasteiger partial charge in [-0.1, -0.05) is 20.3 Å². The predicted octanol–water partition coefficient (Wildman–Crippen LogP) is 2.68. The zero-order valence-electron chi connectivity index (χ0n) is 8.53. The van der Waals surface area contributed by atoms with E-state index >= 15 is 0 Å². The van der Waals surface area contributed by atoms with Crippen LogP contribution in [-0.2, 0) is 0 Å². The van der Waals surface area contributed by atoms with Crippen molar-refractivity contribution in [2.75, 3.05) is 0 Å². The number of hydrogen-bond acceptors (Lipinski definition) is 2. The van der Waals surface area contributed by atoms with Gasteiger partial charge in [0.25, 0.3) is 0 Å². The van der Waals surface area contributed by atoms with Crippen LogP contribution in [0.1, 0.15) is 48.7 Å². The molecule has 0 aliphatic heterocycles. The number of carbonyl (C=O) groups is 1. The molecule has 0 bridgehead atoms. The molecule has 0 aromatic carbocycles. The minimum Gasteiger partial charge on any atom is -0.478 e. The first-order valence-electron chi connectivity index (χ1n) is 4.84. The molecule has 1 rings (SSSR count). The second kappa shape index (κ2) is 4.74. The minimum atomic E-state index is -0.891. The molecular formula is C11H15NO2. The van der Waals surface area contributed by atoms with Gasteiger partial charge in [0.05, 0.1) is 5.56 Å². The average molecular weight is 193 g/mol. The predicted molar refractivity (Wildman–Crippen MR) is 54.5 cm³/mol. The van der Waals surface area contributed by atoms with Gasteiger partial charge in [-0.3, -0.25) is 4.98 Å². The molecule has 1 unspecified atom stereocenters. The molecule has 14 heavy (non-hydrogen) atoms. The van der Waals surface area contributed by atoms with Crippen LogP contribution in [0, 0.1) is 0 Å². The third kappa shape index (κ3) is 2.55. The fourth-order valence-corrected chi connectivity index (χ4v) is 1.43. The molecule has 0 spiro atoms. The molecule has 1 N–H and O–H groups in total. The van der Waals surface area contributed by atoms with Crippen LogP contribution in [0.3, 0.4) is 0 Å². The molecule has 0 radical (unpaired) electrons. The van der Waals surface area contributed by atoms with Crippen LogP contribution in [0.5, 0.6) is 0 Å². The highest BCUT2D eigenvalue weighted by molar-refractivity contribution is 5.87. The van der Waals surface area contributed by atoms with Crippen molar-refractivity contribution in [3.8, 4) is 0 Å². The second-order valence-corrected chi connectivity index (χ2v) is 3.46. The summed E-state index contributed by atoms with van der Waals surface area (Å²) in [6.07, 6.45) is 3.68. The van der Waals surface area contributed by atoms with Crippen molar-refractivity contribution < 1.29 is 9.90 Å². The molecule has 0 aliphatic carbocycles. The fourth-order valence-electron chi connectivity index (χ4n) is 1.43. The Balaban J connectivity index is 2.87. The molecule has 1 aromatic rings. The summed E-state index contributed by atoms with van der Waals surface area (Å²) in [5.74, 6) is -0.559. The molecule has 3 heteroatoms. The Labute approximate surface area is 83.8 Å². The van der Waals surface area contributed by atoms with Crippen LogP contribution in [0.25, 0.3) is 0 Å². The van der Waals surface area contributed by atoms with E-state index in [9.17, 15) is 4.79 Å². The molecule has 1 aromatic heterocycles. The lowest BCUT2D eigenvalue weighted by atomic mass is 10.0. The monoisotopic (exact) mass is 193 g/mol. The number of aromatic nitrogens is 1. The van der Waals surface area contributed by atoms with Crippen LogP contribution < -0.4 is 0 Å². The van der Waals surface area contributed by atoms with E-state index in [1.54, 1.807) is 12.3 Å². The van der Waals surface area contributed by atoms with Crippen molar-refractivity contribution in [3.05, 3.63) is 29.6 Å². The fraction of sp³-hybridized carbons (Fsp3) is 0.455. The van der Waals surface area contributed by atoms with Gasteiger partial charge in [-0.25, -0.2) is 4.79 Å². The molecule has 0 aliphatic rings. The smallest absolute Gasteiger partial charge is 0.335 e. The number of hydrogen-bond donors (Lipinski definition) is 1. The number of rotatable bonds is 4. The maximum Gasteiger partial charge on any atom is 0.335 e. The summed E-state index contributed by atoms with van der Waals surface area (Å²) in [4.78, 5) is 14.9. The van der Waals surface area contributed by atoms with Crippen molar-refractivity contribution in [2.24, 2.45) is 0 Å². The van der Waals surface area contributed by atoms with Gasteiger partial charge in [-0.05, 0) is 24.5 Å². The van der Waals surface area contributed by atoms with E-state index < -0.39 is 5.97 Å². The summed E-state index contributed by atoms with van der Waals surface area (Å²) in [6, 6.07) is 3.17. The lowest BCUT2D eigenvalue weighted by Gasteiger charge is -2.09. The summed E-state index contributed by atoms with van der Waals surface area (Å²) >= 11 is 0. The molecule has 0 saturated carbocycles. The molecule has 0 fully saturated rings. The van der Waals surface area contributed by atoms with E-state index in [-0.39, 0.29) is 0 Å². The SMILES string of the molecule is CCCC(C)c1cc(C(=O)O)ccn1. The molecule has 76 valence electrons. The van der Waals surface area contributed by atoms with Crippen molar-refractivity contribution in [2.45, 2.75) is 32.6 Å². The van der Waals surface area contributed by atoms with E-state index in [4.69, 9.17) is 5.11 Å². The second-order valence-electron chi connectivity index (χ2n) is 3.46. The van der Waals surface area contributed by atoms with Crippen LogP contribution in [0.4, 0.5) is 0 Å². The molecule has 1 heterocycles. The van der Waals surface area contributed by atoms with Crippen molar-refractivity contribution in [3.63, 3.8) is 0 Å². The number of pyridine rings is 1. The van der Waals surface area contributed by atoms with Crippen LogP contribution >= 0.6 is 0 Å². The topological polar surface area (TPSA) is 50.2 Å². The van der Waals surface area contributed by atoms with Crippen molar-refractivity contribution >= 4 is 5.97 Å². The van der Waals surface area contributed by atoms with E-state index in [0.717, 1.165) is 18.5 Å². The lowest BCUT2D eigenvalue weighted by molar-refractivity contribution is 0.0696. The van der Waals surface area contributed by atoms with Crippen molar-refractivity contribution in [1.82, 2.24) is 4.98 Å². The zero-order valence-corrected chi connectivity index (χ0v) is 8.53. The largest absolute Gasteiger partial charge is 0.478 e. The number of nitrogens with zero attached hydrogens (tertiary/aromatic N) is 1. The molecule has 0 saturated heterocycles. The minimum absolute atomic E-state index is 0.318. The van der Waals surface area contributed by atoms with E-state index in [2.05, 4.69) is 18.8 Å². The summed E-state index contributed by atoms with van der Waals surface area (Å²) in [5, 5.41) is 8.79. The average Bonchev–Trinajstić information content (AvgIpc) is 2.18. The highest BCUT2D eigenvalue weighted by Crippen LogP contribution is 2.18. The summed E-state index contributed by atoms with van der Waals surface area (Å²) < 4.78 is 0. The first kappa shape index (κ1) is 10.7. The Kier molecular flexibility index (Phi) is 3.63. The third-order valence-electron chi connectivity index (χ3n) is 2.25. The quantitative estimate of drug-likeness (QED) is 0.799. The summed E-state index contributed by atoms with van der Waals surface area (Å²) in [6.45, 7) is 4.18. The molecular weight excluding hydrogens is 178 g/mol. The Morgan fingerprint density at radius 1 is 1.64 bits per heavy atom. The summed E-state index contributed by atoms with van der Waals surface area (Å²) in [7, 11) is 0. The Morgan fingerprint density at radius 2 is 2.36 bits per heavy atom. The third-order valence-corrected chi connectivity index (χ3v) is 2.25. The van der Waals surface area contributed by atoms with Crippen LogP contribution in [0.15, 0.2) is 18.3 Å². The Morgan fingerprint density at radius 3 is 2.93 bits per heavy atom. The molecule has 0 amide bonds. The van der Waals surface area contributed by atoms with Gasteiger partial charge in [0.1, 0.15) is 0 Å². The van der Waals surface area contributed by atoms with Gasteiger partial charge in [0.15, 0.2) is 0 Å². The number of carboxylic acids is 1. The maximum absolute atomic E-state index is 10.7.